The molecule has 18 heavy (non-hydrogen) atoms. The van der Waals surface area contributed by atoms with Gasteiger partial charge in [-0.3, -0.25) is 0 Å². The Balaban J connectivity index is 1.79. The number of fused-ring (bicyclic) bond motifs is 1. The van der Waals surface area contributed by atoms with Gasteiger partial charge in [0.2, 0.25) is 0 Å². The van der Waals surface area contributed by atoms with Gasteiger partial charge in [-0.05, 0) is 52.5 Å². The number of halogens is 1. The molecular formula is C14H14BrNOS. The van der Waals surface area contributed by atoms with Crippen molar-refractivity contribution in [2.75, 3.05) is 5.32 Å². The van der Waals surface area contributed by atoms with Gasteiger partial charge in [-0.15, -0.1) is 11.3 Å². The van der Waals surface area contributed by atoms with Gasteiger partial charge < -0.3 is 10.4 Å². The van der Waals surface area contributed by atoms with Crippen molar-refractivity contribution in [2.45, 2.75) is 25.0 Å². The van der Waals surface area contributed by atoms with Crippen LogP contribution in [-0.4, -0.2) is 11.1 Å². The number of nitrogens with one attached hydrogen (secondary N) is 1. The van der Waals surface area contributed by atoms with Crippen LogP contribution in [0.25, 0.3) is 0 Å². The summed E-state index contributed by atoms with van der Waals surface area (Å²) < 4.78 is 1.06. The zero-order chi connectivity index (χ0) is 12.5. The molecule has 0 bridgehead atoms. The van der Waals surface area contributed by atoms with Crippen molar-refractivity contribution in [3.63, 3.8) is 0 Å². The van der Waals surface area contributed by atoms with Crippen LogP contribution in [0.2, 0.25) is 0 Å². The standard InChI is InChI=1S/C14H14BrNOS/c15-13-8-7-12(18-13)14(17)11-6-5-9-3-1-2-4-10(9)16-11/h1-4,7-8,11,14,16-17H,5-6H2. The quantitative estimate of drug-likeness (QED) is 0.876. The van der Waals surface area contributed by atoms with Crippen LogP contribution >= 0.6 is 27.3 Å². The summed E-state index contributed by atoms with van der Waals surface area (Å²) in [4.78, 5) is 1.01. The lowest BCUT2D eigenvalue weighted by molar-refractivity contribution is 0.152. The average Bonchev–Trinajstić information content (AvgIpc) is 2.84. The summed E-state index contributed by atoms with van der Waals surface area (Å²) in [6.45, 7) is 0. The molecule has 4 heteroatoms. The van der Waals surface area contributed by atoms with Gasteiger partial charge in [-0.1, -0.05) is 18.2 Å². The lowest BCUT2D eigenvalue weighted by Crippen LogP contribution is -2.31. The molecule has 0 radical (unpaired) electrons. The van der Waals surface area contributed by atoms with Crippen molar-refractivity contribution in [3.05, 3.63) is 50.6 Å². The van der Waals surface area contributed by atoms with E-state index in [9.17, 15) is 5.11 Å². The first-order valence-corrected chi connectivity index (χ1v) is 7.63. The summed E-state index contributed by atoms with van der Waals surface area (Å²) in [5.41, 5.74) is 2.50. The number of hydrogen-bond donors (Lipinski definition) is 2. The second-order valence-corrected chi connectivity index (χ2v) is 7.03. The van der Waals surface area contributed by atoms with Crippen LogP contribution in [0, 0.1) is 0 Å². The van der Waals surface area contributed by atoms with Crippen LogP contribution in [0.3, 0.4) is 0 Å². The molecule has 94 valence electrons. The summed E-state index contributed by atoms with van der Waals surface area (Å²) in [6, 6.07) is 12.4. The largest absolute Gasteiger partial charge is 0.385 e. The molecule has 0 saturated heterocycles. The third-order valence-electron chi connectivity index (χ3n) is 3.35. The maximum Gasteiger partial charge on any atom is 0.108 e. The van der Waals surface area contributed by atoms with Gasteiger partial charge in [-0.25, -0.2) is 0 Å². The maximum absolute atomic E-state index is 10.4. The number of aryl methyl sites for hydroxylation is 1. The second kappa shape index (κ2) is 5.03. The lowest BCUT2D eigenvalue weighted by Gasteiger charge is -2.30. The normalized spacial score (nSPS) is 20.0. The van der Waals surface area contributed by atoms with Gasteiger partial charge in [-0.2, -0.15) is 0 Å². The molecule has 2 heterocycles. The van der Waals surface area contributed by atoms with Crippen LogP contribution in [0.5, 0.6) is 0 Å². The molecule has 0 saturated carbocycles. The molecule has 1 aliphatic heterocycles. The first kappa shape index (κ1) is 12.2. The van der Waals surface area contributed by atoms with Gasteiger partial charge in [0.15, 0.2) is 0 Å². The fourth-order valence-electron chi connectivity index (χ4n) is 2.38. The Morgan fingerprint density at radius 2 is 2.11 bits per heavy atom. The fraction of sp³-hybridized carbons (Fsp3) is 0.286. The Bertz CT molecular complexity index is 554. The Morgan fingerprint density at radius 1 is 1.28 bits per heavy atom. The van der Waals surface area contributed by atoms with E-state index in [1.165, 1.54) is 5.56 Å². The number of aliphatic hydroxyl groups is 1. The van der Waals surface area contributed by atoms with E-state index in [0.29, 0.717) is 0 Å². The van der Waals surface area contributed by atoms with E-state index in [1.54, 1.807) is 11.3 Å². The molecule has 2 aromatic rings. The van der Waals surface area contributed by atoms with Gasteiger partial charge in [0, 0.05) is 10.6 Å². The molecule has 0 spiro atoms. The first-order valence-electron chi connectivity index (χ1n) is 6.02. The van der Waals surface area contributed by atoms with Gasteiger partial charge in [0.05, 0.1) is 9.83 Å². The lowest BCUT2D eigenvalue weighted by atomic mass is 9.94. The number of aliphatic hydroxyl groups excluding tert-OH is 1. The second-order valence-electron chi connectivity index (χ2n) is 4.53. The van der Waals surface area contributed by atoms with E-state index in [-0.39, 0.29) is 6.04 Å². The molecule has 2 N–H and O–H groups in total. The van der Waals surface area contributed by atoms with E-state index >= 15 is 0 Å². The highest BCUT2D eigenvalue weighted by atomic mass is 79.9. The van der Waals surface area contributed by atoms with E-state index in [4.69, 9.17) is 0 Å². The maximum atomic E-state index is 10.4. The van der Waals surface area contributed by atoms with E-state index in [2.05, 4.69) is 39.4 Å². The van der Waals surface area contributed by atoms with E-state index in [0.717, 1.165) is 27.2 Å². The highest BCUT2D eigenvalue weighted by molar-refractivity contribution is 9.11. The predicted octanol–water partition coefficient (Wildman–Crippen LogP) is 3.97. The summed E-state index contributed by atoms with van der Waals surface area (Å²) in [5.74, 6) is 0. The zero-order valence-corrected chi connectivity index (χ0v) is 12.2. The monoisotopic (exact) mass is 323 g/mol. The molecule has 3 rings (SSSR count). The number of thiophene rings is 1. The van der Waals surface area contributed by atoms with E-state index in [1.807, 2.05) is 18.2 Å². The minimum atomic E-state index is -0.436. The average molecular weight is 324 g/mol. The molecule has 2 atom stereocenters. The van der Waals surface area contributed by atoms with Crippen molar-refractivity contribution in [1.82, 2.24) is 0 Å². The van der Waals surface area contributed by atoms with Crippen LogP contribution in [-0.2, 0) is 6.42 Å². The topological polar surface area (TPSA) is 32.3 Å². The van der Waals surface area contributed by atoms with Gasteiger partial charge >= 0.3 is 0 Å². The third-order valence-corrected chi connectivity index (χ3v) is 5.04. The summed E-state index contributed by atoms with van der Waals surface area (Å²) in [5, 5.41) is 13.9. The van der Waals surface area contributed by atoms with E-state index < -0.39 is 6.10 Å². The molecule has 2 unspecified atom stereocenters. The Morgan fingerprint density at radius 3 is 2.89 bits per heavy atom. The molecule has 1 aromatic carbocycles. The van der Waals surface area contributed by atoms with Crippen molar-refractivity contribution in [3.8, 4) is 0 Å². The molecule has 0 fully saturated rings. The van der Waals surface area contributed by atoms with Crippen molar-refractivity contribution in [2.24, 2.45) is 0 Å². The highest BCUT2D eigenvalue weighted by Gasteiger charge is 2.26. The molecule has 0 aliphatic carbocycles. The van der Waals surface area contributed by atoms with Crippen LogP contribution in [0.1, 0.15) is 23.0 Å². The summed E-state index contributed by atoms with van der Waals surface area (Å²) >= 11 is 5.03. The third kappa shape index (κ3) is 2.32. The Hall–Kier alpha value is -0.840. The number of para-hydroxylation sites is 1. The highest BCUT2D eigenvalue weighted by Crippen LogP contribution is 2.34. The molecule has 0 amide bonds. The van der Waals surface area contributed by atoms with Gasteiger partial charge in [0.25, 0.3) is 0 Å². The van der Waals surface area contributed by atoms with Crippen LogP contribution in [0.15, 0.2) is 40.2 Å². The molecular weight excluding hydrogens is 310 g/mol. The Kier molecular flexibility index (Phi) is 3.41. The minimum absolute atomic E-state index is 0.102. The smallest absolute Gasteiger partial charge is 0.108 e. The fourth-order valence-corrected chi connectivity index (χ4v) is 3.86. The van der Waals surface area contributed by atoms with Crippen LogP contribution in [0.4, 0.5) is 5.69 Å². The summed E-state index contributed by atoms with van der Waals surface area (Å²) in [6.07, 6.45) is 1.56. The molecule has 1 aliphatic rings. The number of hydrogen-bond acceptors (Lipinski definition) is 3. The first-order chi connectivity index (χ1) is 8.74. The SMILES string of the molecule is OC(c1ccc(Br)s1)C1CCc2ccccc2N1. The molecule has 2 nitrogen and oxygen atoms in total. The summed E-state index contributed by atoms with van der Waals surface area (Å²) in [7, 11) is 0. The number of rotatable bonds is 2. The predicted molar refractivity (Wildman–Crippen MR) is 79.2 cm³/mol. The van der Waals surface area contributed by atoms with Crippen molar-refractivity contribution in [1.29, 1.82) is 0 Å². The van der Waals surface area contributed by atoms with Crippen molar-refractivity contribution < 1.29 is 5.11 Å². The van der Waals surface area contributed by atoms with Crippen LogP contribution < -0.4 is 5.32 Å². The Labute approximate surface area is 119 Å². The minimum Gasteiger partial charge on any atom is -0.385 e. The number of benzene rings is 1. The number of anilines is 1. The zero-order valence-electron chi connectivity index (χ0n) is 9.77. The molecule has 1 aromatic heterocycles. The van der Waals surface area contributed by atoms with Crippen molar-refractivity contribution >= 4 is 33.0 Å². The van der Waals surface area contributed by atoms with Gasteiger partial charge in [0.1, 0.15) is 6.10 Å².